The van der Waals surface area contributed by atoms with Crippen LogP contribution in [-0.4, -0.2) is 0 Å². The summed E-state index contributed by atoms with van der Waals surface area (Å²) in [6.45, 7) is 4.17. The normalized spacial score (nSPS) is 10.9. The number of aryl methyl sites for hydroxylation is 2. The van der Waals surface area contributed by atoms with Gasteiger partial charge in [0.1, 0.15) is 11.5 Å². The molecule has 0 unspecified atom stereocenters. The fourth-order valence-corrected chi connectivity index (χ4v) is 1.94. The zero-order valence-electron chi connectivity index (χ0n) is 10.7. The van der Waals surface area contributed by atoms with E-state index in [1.807, 2.05) is 25.1 Å². The minimum Gasteiger partial charge on any atom is -0.458 e. The van der Waals surface area contributed by atoms with E-state index in [2.05, 4.69) is 13.0 Å². The van der Waals surface area contributed by atoms with Crippen LogP contribution in [0.4, 0.5) is 0 Å². The second-order valence-corrected chi connectivity index (χ2v) is 4.49. The van der Waals surface area contributed by atoms with E-state index in [4.69, 9.17) is 8.83 Å². The molecule has 0 aromatic carbocycles. The van der Waals surface area contributed by atoms with E-state index in [0.29, 0.717) is 0 Å². The molecule has 0 atom stereocenters. The van der Waals surface area contributed by atoms with Crippen LogP contribution in [-0.2, 0) is 6.42 Å². The van der Waals surface area contributed by atoms with Crippen molar-refractivity contribution in [3.8, 4) is 11.5 Å². The van der Waals surface area contributed by atoms with Crippen LogP contribution in [0.3, 0.4) is 0 Å². The molecule has 2 heteroatoms. The minimum absolute atomic E-state index is 0.822. The molecule has 2 aromatic rings. The summed E-state index contributed by atoms with van der Waals surface area (Å²) in [4.78, 5) is 0. The van der Waals surface area contributed by atoms with Crippen molar-refractivity contribution in [1.29, 1.82) is 0 Å². The molecule has 2 rings (SSSR count). The number of rotatable bonds is 6. The van der Waals surface area contributed by atoms with Gasteiger partial charge in [-0.2, -0.15) is 0 Å². The van der Waals surface area contributed by atoms with Gasteiger partial charge in [-0.3, -0.25) is 0 Å². The number of hydrogen-bond donors (Lipinski definition) is 0. The summed E-state index contributed by atoms with van der Waals surface area (Å²) in [7, 11) is 0. The van der Waals surface area contributed by atoms with Crippen molar-refractivity contribution in [2.75, 3.05) is 0 Å². The van der Waals surface area contributed by atoms with Crippen LogP contribution >= 0.6 is 0 Å². The highest BCUT2D eigenvalue weighted by Gasteiger charge is 2.07. The van der Waals surface area contributed by atoms with Gasteiger partial charge < -0.3 is 8.83 Å². The molecule has 0 fully saturated rings. The Hall–Kier alpha value is -1.44. The van der Waals surface area contributed by atoms with Crippen molar-refractivity contribution >= 4 is 0 Å². The smallest absolute Gasteiger partial charge is 0.169 e. The lowest BCUT2D eigenvalue weighted by Crippen LogP contribution is -1.82. The molecule has 0 aliphatic heterocycles. The summed E-state index contributed by atoms with van der Waals surface area (Å²) < 4.78 is 11.3. The molecule has 2 nitrogen and oxygen atoms in total. The predicted octanol–water partition coefficient (Wildman–Crippen LogP) is 4.97. The van der Waals surface area contributed by atoms with E-state index in [9.17, 15) is 0 Å². The van der Waals surface area contributed by atoms with Gasteiger partial charge in [0.25, 0.3) is 0 Å². The molecular formula is C15H20O2. The van der Waals surface area contributed by atoms with Crippen molar-refractivity contribution in [1.82, 2.24) is 0 Å². The highest BCUT2D eigenvalue weighted by molar-refractivity contribution is 5.50. The lowest BCUT2D eigenvalue weighted by Gasteiger charge is -1.96. The average molecular weight is 232 g/mol. The molecule has 0 N–H and O–H groups in total. The minimum atomic E-state index is 0.822. The molecule has 0 aliphatic rings. The maximum atomic E-state index is 5.77. The van der Waals surface area contributed by atoms with Gasteiger partial charge in [-0.05, 0) is 37.6 Å². The Morgan fingerprint density at radius 2 is 1.65 bits per heavy atom. The lowest BCUT2D eigenvalue weighted by molar-refractivity contribution is 0.475. The van der Waals surface area contributed by atoms with Gasteiger partial charge in [-0.1, -0.05) is 26.2 Å². The fourth-order valence-electron chi connectivity index (χ4n) is 1.94. The molecule has 0 saturated heterocycles. The highest BCUT2D eigenvalue weighted by atomic mass is 16.4. The summed E-state index contributed by atoms with van der Waals surface area (Å²) in [5.41, 5.74) is 0. The van der Waals surface area contributed by atoms with E-state index < -0.39 is 0 Å². The third-order valence-corrected chi connectivity index (χ3v) is 2.92. The second kappa shape index (κ2) is 5.76. The standard InChI is InChI=1S/C15H20O2/c1-3-4-5-6-7-13-9-11-15(17-13)14-10-8-12(2)16-14/h8-11H,3-7H2,1-2H3. The Labute approximate surface area is 103 Å². The van der Waals surface area contributed by atoms with Crippen molar-refractivity contribution in [3.63, 3.8) is 0 Å². The van der Waals surface area contributed by atoms with Crippen molar-refractivity contribution in [3.05, 3.63) is 35.8 Å². The third-order valence-electron chi connectivity index (χ3n) is 2.92. The number of unbranched alkanes of at least 4 members (excludes halogenated alkanes) is 3. The number of furan rings is 2. The fraction of sp³-hybridized carbons (Fsp3) is 0.467. The highest BCUT2D eigenvalue weighted by Crippen LogP contribution is 2.24. The van der Waals surface area contributed by atoms with Gasteiger partial charge in [-0.15, -0.1) is 0 Å². The SMILES string of the molecule is CCCCCCc1ccc(-c2ccc(C)o2)o1. The molecule has 0 radical (unpaired) electrons. The zero-order chi connectivity index (χ0) is 12.1. The second-order valence-electron chi connectivity index (χ2n) is 4.49. The van der Waals surface area contributed by atoms with Gasteiger partial charge in [0, 0.05) is 6.42 Å². The average Bonchev–Trinajstić information content (AvgIpc) is 2.93. The Morgan fingerprint density at radius 3 is 2.35 bits per heavy atom. The molecule has 17 heavy (non-hydrogen) atoms. The molecule has 0 amide bonds. The van der Waals surface area contributed by atoms with Crippen molar-refractivity contribution < 1.29 is 8.83 Å². The first-order chi connectivity index (χ1) is 8.29. The molecule has 0 saturated carbocycles. The van der Waals surface area contributed by atoms with Crippen LogP contribution < -0.4 is 0 Å². The van der Waals surface area contributed by atoms with Crippen LogP contribution in [0.2, 0.25) is 0 Å². The van der Waals surface area contributed by atoms with E-state index in [1.165, 1.54) is 25.7 Å². The summed E-state index contributed by atoms with van der Waals surface area (Å²) in [6, 6.07) is 7.96. The zero-order valence-corrected chi connectivity index (χ0v) is 10.7. The monoisotopic (exact) mass is 232 g/mol. The van der Waals surface area contributed by atoms with Gasteiger partial charge in [0.15, 0.2) is 11.5 Å². The maximum absolute atomic E-state index is 5.77. The van der Waals surface area contributed by atoms with E-state index in [-0.39, 0.29) is 0 Å². The summed E-state index contributed by atoms with van der Waals surface area (Å²) in [5, 5.41) is 0. The molecular weight excluding hydrogens is 212 g/mol. The van der Waals surface area contributed by atoms with Gasteiger partial charge >= 0.3 is 0 Å². The molecule has 2 aromatic heterocycles. The van der Waals surface area contributed by atoms with Crippen LogP contribution in [0.5, 0.6) is 0 Å². The molecule has 92 valence electrons. The van der Waals surface area contributed by atoms with E-state index in [1.54, 1.807) is 0 Å². The predicted molar refractivity (Wildman–Crippen MR) is 69.0 cm³/mol. The quantitative estimate of drug-likeness (QED) is 0.657. The van der Waals surface area contributed by atoms with Crippen LogP contribution in [0.25, 0.3) is 11.5 Å². The summed E-state index contributed by atoms with van der Waals surface area (Å²) in [6.07, 6.45) is 6.10. The Kier molecular flexibility index (Phi) is 4.08. The Morgan fingerprint density at radius 1 is 0.882 bits per heavy atom. The first kappa shape index (κ1) is 12.0. The largest absolute Gasteiger partial charge is 0.458 e. The van der Waals surface area contributed by atoms with Crippen molar-refractivity contribution in [2.24, 2.45) is 0 Å². The Balaban J connectivity index is 1.92. The summed E-state index contributed by atoms with van der Waals surface area (Å²) in [5.74, 6) is 3.64. The van der Waals surface area contributed by atoms with Crippen LogP contribution in [0, 0.1) is 6.92 Å². The molecule has 0 bridgehead atoms. The van der Waals surface area contributed by atoms with Crippen LogP contribution in [0.15, 0.2) is 33.1 Å². The number of hydrogen-bond acceptors (Lipinski definition) is 2. The first-order valence-corrected chi connectivity index (χ1v) is 6.45. The van der Waals surface area contributed by atoms with Crippen molar-refractivity contribution in [2.45, 2.75) is 46.0 Å². The third kappa shape index (κ3) is 3.26. The maximum Gasteiger partial charge on any atom is 0.169 e. The van der Waals surface area contributed by atoms with Crippen LogP contribution in [0.1, 0.15) is 44.1 Å². The summed E-state index contributed by atoms with van der Waals surface area (Å²) >= 11 is 0. The van der Waals surface area contributed by atoms with Gasteiger partial charge in [0.2, 0.25) is 0 Å². The van der Waals surface area contributed by atoms with E-state index >= 15 is 0 Å². The van der Waals surface area contributed by atoms with Gasteiger partial charge in [-0.25, -0.2) is 0 Å². The van der Waals surface area contributed by atoms with Gasteiger partial charge in [0.05, 0.1) is 0 Å². The molecule has 0 spiro atoms. The Bertz CT molecular complexity index is 451. The first-order valence-electron chi connectivity index (χ1n) is 6.45. The molecule has 2 heterocycles. The molecule has 0 aliphatic carbocycles. The lowest BCUT2D eigenvalue weighted by atomic mass is 10.1. The topological polar surface area (TPSA) is 26.3 Å². The van der Waals surface area contributed by atoms with E-state index in [0.717, 1.165) is 29.5 Å².